The number of amidine groups is 1. The average molecular weight is 396 g/mol. The zero-order chi connectivity index (χ0) is 21.1. The highest BCUT2D eigenvalue weighted by atomic mass is 16.5. The van der Waals surface area contributed by atoms with Crippen molar-refractivity contribution in [1.82, 2.24) is 24.6 Å². The lowest BCUT2D eigenvalue weighted by molar-refractivity contribution is -0.539. The first-order chi connectivity index (χ1) is 13.5. The number of fused-ring (bicyclic) bond motifs is 1. The molecule has 1 aliphatic rings. The molecule has 3 aromatic rings. The number of imidazole rings is 1. The van der Waals surface area contributed by atoms with Crippen LogP contribution in [-0.4, -0.2) is 46.2 Å². The van der Waals surface area contributed by atoms with E-state index in [2.05, 4.69) is 15.0 Å². The zero-order valence-corrected chi connectivity index (χ0v) is 16.6. The summed E-state index contributed by atoms with van der Waals surface area (Å²) in [6.07, 6.45) is 1.52. The summed E-state index contributed by atoms with van der Waals surface area (Å²) in [6, 6.07) is 7.13. The standard InChI is InChI=1S/C19H22N7O3/c1-18(2)19(3,4)26(29)16(25(18)28)12-7-5-11(6-8-12)9-24-10-21-13-14(24)22-17(20)23-15(13)27/h5-8,10H,9H2,1-4H3,(H3,20,22,23,27). The molecule has 1 aromatic carbocycles. The quantitative estimate of drug-likeness (QED) is 0.504. The number of hydrogen-bond acceptors (Lipinski definition) is 6. The van der Waals surface area contributed by atoms with Gasteiger partial charge in [-0.2, -0.15) is 4.98 Å². The van der Waals surface area contributed by atoms with E-state index in [4.69, 9.17) is 5.73 Å². The summed E-state index contributed by atoms with van der Waals surface area (Å²) in [5.41, 5.74) is 5.55. The lowest BCUT2D eigenvalue weighted by atomic mass is 9.84. The van der Waals surface area contributed by atoms with Crippen LogP contribution in [0.5, 0.6) is 0 Å². The summed E-state index contributed by atoms with van der Waals surface area (Å²) in [7, 11) is 0. The molecule has 0 saturated carbocycles. The van der Waals surface area contributed by atoms with Crippen LogP contribution in [0.25, 0.3) is 11.2 Å². The molecular formula is C19H22N7O3. The van der Waals surface area contributed by atoms with Gasteiger partial charge in [-0.15, -0.1) is 0 Å². The molecule has 29 heavy (non-hydrogen) atoms. The third-order valence-electron chi connectivity index (χ3n) is 5.96. The molecule has 10 nitrogen and oxygen atoms in total. The highest BCUT2D eigenvalue weighted by molar-refractivity contribution is 5.96. The fourth-order valence-electron chi connectivity index (χ4n) is 3.39. The summed E-state index contributed by atoms with van der Waals surface area (Å²) in [5, 5.41) is 26.3. The normalized spacial score (nSPS) is 18.0. The first kappa shape index (κ1) is 18.9. The highest BCUT2D eigenvalue weighted by Gasteiger charge is 2.59. The third kappa shape index (κ3) is 2.67. The summed E-state index contributed by atoms with van der Waals surface area (Å²) >= 11 is 0. The van der Waals surface area contributed by atoms with Crippen molar-refractivity contribution >= 4 is 22.9 Å². The summed E-state index contributed by atoms with van der Waals surface area (Å²) in [6.45, 7) is 7.45. The number of nitrogens with two attached hydrogens (primary N) is 1. The third-order valence-corrected chi connectivity index (χ3v) is 5.96. The number of benzene rings is 1. The molecule has 0 bridgehead atoms. The van der Waals surface area contributed by atoms with Crippen molar-refractivity contribution in [3.63, 3.8) is 0 Å². The Bertz CT molecular complexity index is 1190. The number of rotatable bonds is 3. The van der Waals surface area contributed by atoms with Crippen LogP contribution in [-0.2, 0) is 11.8 Å². The van der Waals surface area contributed by atoms with Crippen LogP contribution in [0.2, 0.25) is 0 Å². The van der Waals surface area contributed by atoms with Crippen molar-refractivity contribution in [2.45, 2.75) is 45.3 Å². The molecule has 4 rings (SSSR count). The maximum absolute atomic E-state index is 12.8. The van der Waals surface area contributed by atoms with Gasteiger partial charge >= 0.3 is 5.84 Å². The van der Waals surface area contributed by atoms with Gasteiger partial charge < -0.3 is 15.5 Å². The van der Waals surface area contributed by atoms with E-state index in [1.807, 2.05) is 12.1 Å². The number of anilines is 1. The molecule has 0 spiro atoms. The minimum atomic E-state index is -0.864. The molecule has 0 fully saturated rings. The summed E-state index contributed by atoms with van der Waals surface area (Å²) in [4.78, 5) is 22.6. The Morgan fingerprint density at radius 1 is 1.21 bits per heavy atom. The van der Waals surface area contributed by atoms with E-state index < -0.39 is 16.6 Å². The van der Waals surface area contributed by atoms with Crippen LogP contribution in [0, 0.1) is 5.21 Å². The predicted molar refractivity (Wildman–Crippen MR) is 107 cm³/mol. The molecular weight excluding hydrogens is 374 g/mol. The minimum absolute atomic E-state index is 0.0218. The van der Waals surface area contributed by atoms with Crippen molar-refractivity contribution in [2.24, 2.45) is 0 Å². The van der Waals surface area contributed by atoms with Gasteiger partial charge in [-0.1, -0.05) is 17.2 Å². The van der Waals surface area contributed by atoms with Gasteiger partial charge in [0.05, 0.1) is 18.4 Å². The Hall–Kier alpha value is -3.40. The molecule has 1 radical (unpaired) electrons. The van der Waals surface area contributed by atoms with E-state index >= 15 is 0 Å². The lowest BCUT2D eigenvalue weighted by Gasteiger charge is -2.32. The van der Waals surface area contributed by atoms with E-state index in [0.717, 1.165) is 15.4 Å². The lowest BCUT2D eigenvalue weighted by Crippen LogP contribution is -2.53. The van der Waals surface area contributed by atoms with Crippen LogP contribution in [0.1, 0.15) is 38.8 Å². The number of H-pyrrole nitrogens is 1. The van der Waals surface area contributed by atoms with Gasteiger partial charge in [0.1, 0.15) is 5.54 Å². The summed E-state index contributed by atoms with van der Waals surface area (Å²) < 4.78 is 2.50. The Morgan fingerprint density at radius 2 is 1.86 bits per heavy atom. The Morgan fingerprint density at radius 3 is 2.45 bits per heavy atom. The van der Waals surface area contributed by atoms with E-state index in [-0.39, 0.29) is 17.3 Å². The second kappa shape index (κ2) is 6.05. The summed E-state index contributed by atoms with van der Waals surface area (Å²) in [5.74, 6) is 0.120. The van der Waals surface area contributed by atoms with Crippen molar-refractivity contribution in [3.05, 3.63) is 57.3 Å². The predicted octanol–water partition coefficient (Wildman–Crippen LogP) is 1.23. The van der Waals surface area contributed by atoms with Crippen molar-refractivity contribution < 1.29 is 9.95 Å². The number of nitrogens with zero attached hydrogens (tertiary/aromatic N) is 5. The van der Waals surface area contributed by atoms with Gasteiger partial charge in [0.15, 0.2) is 16.7 Å². The molecule has 151 valence electrons. The highest BCUT2D eigenvalue weighted by Crippen LogP contribution is 2.37. The number of aromatic amines is 1. The number of hydroxylamine groups is 3. The average Bonchev–Trinajstić information content (AvgIpc) is 3.09. The zero-order valence-electron chi connectivity index (χ0n) is 16.6. The molecule has 10 heteroatoms. The fraction of sp³-hybridized carbons (Fsp3) is 0.368. The van der Waals surface area contributed by atoms with Crippen LogP contribution in [0.3, 0.4) is 0 Å². The van der Waals surface area contributed by atoms with Gasteiger partial charge in [-0.3, -0.25) is 14.5 Å². The Balaban J connectivity index is 1.66. The van der Waals surface area contributed by atoms with Crippen molar-refractivity contribution in [3.8, 4) is 0 Å². The molecule has 3 heterocycles. The number of aromatic nitrogens is 4. The fourth-order valence-corrected chi connectivity index (χ4v) is 3.39. The minimum Gasteiger partial charge on any atom is -0.714 e. The van der Waals surface area contributed by atoms with Gasteiger partial charge in [0.2, 0.25) is 5.95 Å². The largest absolute Gasteiger partial charge is 0.714 e. The van der Waals surface area contributed by atoms with Crippen molar-refractivity contribution in [2.75, 3.05) is 5.73 Å². The molecule has 0 unspecified atom stereocenters. The molecule has 1 aliphatic heterocycles. The van der Waals surface area contributed by atoms with Gasteiger partial charge in [-0.05, 0) is 45.4 Å². The van der Waals surface area contributed by atoms with E-state index in [1.165, 1.54) is 6.33 Å². The first-order valence-corrected chi connectivity index (χ1v) is 9.15. The van der Waals surface area contributed by atoms with Crippen LogP contribution in [0.4, 0.5) is 5.95 Å². The monoisotopic (exact) mass is 396 g/mol. The van der Waals surface area contributed by atoms with E-state index in [0.29, 0.717) is 17.8 Å². The van der Waals surface area contributed by atoms with Gasteiger partial charge in [0.25, 0.3) is 5.56 Å². The van der Waals surface area contributed by atoms with Crippen LogP contribution < -0.4 is 11.3 Å². The second-order valence-electron chi connectivity index (χ2n) is 8.22. The molecule has 0 atom stereocenters. The molecule has 0 aliphatic carbocycles. The number of nitrogen functional groups attached to an aromatic ring is 1. The number of hydrogen-bond donors (Lipinski definition) is 2. The Kier molecular flexibility index (Phi) is 3.95. The van der Waals surface area contributed by atoms with Gasteiger partial charge in [0, 0.05) is 5.21 Å². The number of nitrogens with one attached hydrogen (secondary N) is 1. The topological polar surface area (TPSA) is 139 Å². The molecule has 2 aromatic heterocycles. The maximum Gasteiger partial charge on any atom is 0.316 e. The van der Waals surface area contributed by atoms with Crippen LogP contribution >= 0.6 is 0 Å². The van der Waals surface area contributed by atoms with Crippen molar-refractivity contribution in [1.29, 1.82) is 0 Å². The van der Waals surface area contributed by atoms with Crippen LogP contribution in [0.15, 0.2) is 35.4 Å². The first-order valence-electron chi connectivity index (χ1n) is 9.15. The SMILES string of the molecule is CC1(C)N([O])C(c2ccc(Cn3cnc4c(=O)[nH]c(N)nc43)cc2)=[N+]([O-])C1(C)C. The molecule has 0 amide bonds. The smallest absolute Gasteiger partial charge is 0.316 e. The maximum atomic E-state index is 12.8. The molecule has 3 N–H and O–H groups in total. The van der Waals surface area contributed by atoms with E-state index in [9.17, 15) is 15.2 Å². The molecule has 0 saturated heterocycles. The second-order valence-corrected chi connectivity index (χ2v) is 8.22. The van der Waals surface area contributed by atoms with Gasteiger partial charge in [-0.25, -0.2) is 4.98 Å². The Labute approximate surface area is 166 Å². The van der Waals surface area contributed by atoms with E-state index in [1.54, 1.807) is 44.4 Å².